The largest absolute Gasteiger partial charge is 0.205 e. The van der Waals surface area contributed by atoms with Crippen LogP contribution in [0.1, 0.15) is 26.2 Å². The van der Waals surface area contributed by atoms with E-state index in [0.29, 0.717) is 20.7 Å². The number of rotatable bonds is 3. The Kier molecular flexibility index (Phi) is 4.48. The van der Waals surface area contributed by atoms with Crippen LogP contribution in [0.4, 0.5) is 0 Å². The number of nitrogens with zero attached hydrogens (tertiary/aromatic N) is 2. The molecule has 3 nitrogen and oxygen atoms in total. The van der Waals surface area contributed by atoms with Gasteiger partial charge in [-0.05, 0) is 28.4 Å². The van der Waals surface area contributed by atoms with Gasteiger partial charge in [0.15, 0.2) is 0 Å². The van der Waals surface area contributed by atoms with E-state index in [1.165, 1.54) is 0 Å². The van der Waals surface area contributed by atoms with Crippen molar-refractivity contribution in [3.05, 3.63) is 21.5 Å². The molecule has 1 atom stereocenters. The molecule has 0 fully saturated rings. The lowest BCUT2D eigenvalue weighted by molar-refractivity contribution is 0.701. The van der Waals surface area contributed by atoms with Gasteiger partial charge >= 0.3 is 0 Å². The van der Waals surface area contributed by atoms with Crippen LogP contribution in [0, 0.1) is 22.7 Å². The molecule has 1 aliphatic heterocycles. The first-order valence-corrected chi connectivity index (χ1v) is 7.06. The minimum atomic E-state index is -0.723. The first-order valence-electron chi connectivity index (χ1n) is 4.58. The van der Waals surface area contributed by atoms with Crippen LogP contribution in [-0.2, 0) is 19.7 Å². The van der Waals surface area contributed by atoms with Crippen molar-refractivity contribution in [1.29, 1.82) is 10.5 Å². The fourth-order valence-electron chi connectivity index (χ4n) is 1.31. The molecule has 1 unspecified atom stereocenters. The zero-order valence-corrected chi connectivity index (χ0v) is 9.95. The average Bonchev–Trinajstić information content (AvgIpc) is 2.62. The van der Waals surface area contributed by atoms with E-state index in [1.54, 1.807) is 6.08 Å². The highest BCUT2D eigenvalue weighted by molar-refractivity contribution is 8.35. The summed E-state index contributed by atoms with van der Waals surface area (Å²) in [5, 5.41) is 17.7. The highest BCUT2D eigenvalue weighted by atomic mass is 32.8. The van der Waals surface area contributed by atoms with Gasteiger partial charge in [0.1, 0.15) is 22.4 Å². The van der Waals surface area contributed by atoms with Crippen molar-refractivity contribution in [2.45, 2.75) is 26.2 Å². The van der Waals surface area contributed by atoms with Crippen molar-refractivity contribution in [2.24, 2.45) is 0 Å². The Morgan fingerprint density at radius 2 is 2.20 bits per heavy atom. The standard InChI is InChI=1S/C10H10N2OS2/c1-2-3-4-10-8(6-11)5-9(7-12)15(10)14-13/h5H,2-4H2,1H3. The summed E-state index contributed by atoms with van der Waals surface area (Å²) in [4.78, 5) is 1.30. The predicted molar refractivity (Wildman–Crippen MR) is 61.4 cm³/mol. The van der Waals surface area contributed by atoms with Gasteiger partial charge in [-0.3, -0.25) is 0 Å². The van der Waals surface area contributed by atoms with Crippen LogP contribution in [0.15, 0.2) is 21.5 Å². The van der Waals surface area contributed by atoms with E-state index in [9.17, 15) is 4.21 Å². The SMILES string of the molecule is CCCCC1=C(C#N)C=C(C#N)S1=S=O. The fourth-order valence-corrected chi connectivity index (χ4v) is 3.91. The molecule has 78 valence electrons. The second-order valence-electron chi connectivity index (χ2n) is 3.01. The Morgan fingerprint density at radius 1 is 1.47 bits per heavy atom. The maximum atomic E-state index is 10.9. The van der Waals surface area contributed by atoms with Crippen LogP contribution >= 0.6 is 0 Å². The van der Waals surface area contributed by atoms with E-state index in [1.807, 2.05) is 6.07 Å². The van der Waals surface area contributed by atoms with Gasteiger partial charge < -0.3 is 0 Å². The third-order valence-electron chi connectivity index (χ3n) is 2.06. The van der Waals surface area contributed by atoms with Crippen LogP contribution in [0.3, 0.4) is 0 Å². The third-order valence-corrected chi connectivity index (χ3v) is 5.22. The number of hydrogen-bond donors (Lipinski definition) is 0. The molecule has 15 heavy (non-hydrogen) atoms. The van der Waals surface area contributed by atoms with Crippen molar-refractivity contribution < 1.29 is 4.21 Å². The lowest BCUT2D eigenvalue weighted by Crippen LogP contribution is -1.93. The molecule has 0 saturated carbocycles. The first-order chi connectivity index (χ1) is 7.28. The number of nitriles is 2. The lowest BCUT2D eigenvalue weighted by Gasteiger charge is -2.02. The lowest BCUT2D eigenvalue weighted by atomic mass is 10.1. The molecular formula is C10H10N2OS2. The van der Waals surface area contributed by atoms with Gasteiger partial charge in [0.25, 0.3) is 0 Å². The molecule has 0 aromatic rings. The van der Waals surface area contributed by atoms with Crippen LogP contribution in [0.2, 0.25) is 0 Å². The van der Waals surface area contributed by atoms with E-state index in [0.717, 1.165) is 24.2 Å². The molecule has 0 aliphatic carbocycles. The Bertz CT molecular complexity index is 471. The molecule has 0 spiro atoms. The molecule has 5 heteroatoms. The second-order valence-corrected chi connectivity index (χ2v) is 6.02. The van der Waals surface area contributed by atoms with Gasteiger partial charge in [-0.25, -0.2) is 4.21 Å². The van der Waals surface area contributed by atoms with Crippen LogP contribution in [0.25, 0.3) is 0 Å². The fraction of sp³-hybridized carbons (Fsp3) is 0.400. The van der Waals surface area contributed by atoms with Crippen LogP contribution in [0.5, 0.6) is 0 Å². The van der Waals surface area contributed by atoms with Gasteiger partial charge in [0.2, 0.25) is 0 Å². The monoisotopic (exact) mass is 238 g/mol. The van der Waals surface area contributed by atoms with Gasteiger partial charge in [0, 0.05) is 4.91 Å². The van der Waals surface area contributed by atoms with Gasteiger partial charge in [-0.15, -0.1) is 0 Å². The van der Waals surface area contributed by atoms with Crippen molar-refractivity contribution in [3.63, 3.8) is 0 Å². The molecule has 0 N–H and O–H groups in total. The minimum Gasteiger partial charge on any atom is -0.205 e. The Hall–Kier alpha value is -1.17. The molecule has 1 rings (SSSR count). The van der Waals surface area contributed by atoms with Gasteiger partial charge in [-0.1, -0.05) is 13.3 Å². The third kappa shape index (κ3) is 2.44. The smallest absolute Gasteiger partial charge is 0.130 e. The van der Waals surface area contributed by atoms with Crippen molar-refractivity contribution >= 4 is 19.7 Å². The Balaban J connectivity index is 3.10. The molecule has 0 radical (unpaired) electrons. The molecular weight excluding hydrogens is 228 g/mol. The van der Waals surface area contributed by atoms with Crippen molar-refractivity contribution in [2.75, 3.05) is 0 Å². The zero-order chi connectivity index (χ0) is 11.3. The number of hydrogen-bond acceptors (Lipinski definition) is 3. The van der Waals surface area contributed by atoms with E-state index >= 15 is 0 Å². The van der Waals surface area contributed by atoms with Crippen LogP contribution in [-0.4, -0.2) is 4.21 Å². The quantitative estimate of drug-likeness (QED) is 0.756. The molecule has 1 heterocycles. The Labute approximate surface area is 94.4 Å². The summed E-state index contributed by atoms with van der Waals surface area (Å²) in [7, 11) is -0.302. The van der Waals surface area contributed by atoms with E-state index in [-0.39, 0.29) is 0 Å². The molecule has 0 amide bonds. The van der Waals surface area contributed by atoms with Gasteiger partial charge in [0.05, 0.1) is 10.5 Å². The highest BCUT2D eigenvalue weighted by Crippen LogP contribution is 2.29. The maximum absolute atomic E-state index is 10.9. The summed E-state index contributed by atoms with van der Waals surface area (Å²) >= 11 is 0. The van der Waals surface area contributed by atoms with Crippen LogP contribution < -0.4 is 0 Å². The summed E-state index contributed by atoms with van der Waals surface area (Å²) < 4.78 is 10.9. The minimum absolute atomic E-state index is 0.421. The van der Waals surface area contributed by atoms with Gasteiger partial charge in [-0.2, -0.15) is 10.5 Å². The molecule has 0 aromatic carbocycles. The topological polar surface area (TPSA) is 64.7 Å². The summed E-state index contributed by atoms with van der Waals surface area (Å²) in [6.45, 7) is 2.06. The van der Waals surface area contributed by atoms with E-state index in [4.69, 9.17) is 10.5 Å². The summed E-state index contributed by atoms with van der Waals surface area (Å²) in [5.74, 6) is 0. The zero-order valence-electron chi connectivity index (χ0n) is 8.32. The summed E-state index contributed by atoms with van der Waals surface area (Å²) in [6, 6.07) is 4.05. The molecule has 0 saturated heterocycles. The summed E-state index contributed by atoms with van der Waals surface area (Å²) in [5.41, 5.74) is 0.520. The normalized spacial score (nSPS) is 19.4. The Morgan fingerprint density at radius 3 is 2.67 bits per heavy atom. The van der Waals surface area contributed by atoms with Crippen molar-refractivity contribution in [3.8, 4) is 12.1 Å². The summed E-state index contributed by atoms with van der Waals surface area (Å²) in [6.07, 6.45) is 4.28. The van der Waals surface area contributed by atoms with E-state index < -0.39 is 9.45 Å². The molecule has 0 bridgehead atoms. The molecule has 1 aliphatic rings. The molecule has 0 aromatic heterocycles. The average molecular weight is 238 g/mol. The van der Waals surface area contributed by atoms with Crippen molar-refractivity contribution in [1.82, 2.24) is 0 Å². The number of unbranched alkanes of at least 4 members (excludes halogenated alkanes) is 1. The number of allylic oxidation sites excluding steroid dienone is 4. The maximum Gasteiger partial charge on any atom is 0.130 e. The van der Waals surface area contributed by atoms with E-state index in [2.05, 4.69) is 13.0 Å². The predicted octanol–water partition coefficient (Wildman–Crippen LogP) is 2.12. The first kappa shape index (κ1) is 11.9. The second kappa shape index (κ2) is 5.65. The highest BCUT2D eigenvalue weighted by Gasteiger charge is 2.21.